The molecule has 0 spiro atoms. The summed E-state index contributed by atoms with van der Waals surface area (Å²) in [5.74, 6) is -0.741. The number of hydrogen-bond donors (Lipinski definition) is 3. The lowest BCUT2D eigenvalue weighted by atomic mass is 10.0. The molecule has 3 heterocycles. The molecular formula is C23H27BrF3N5O5S. The fourth-order valence-corrected chi connectivity index (χ4v) is 4.82. The van der Waals surface area contributed by atoms with E-state index in [9.17, 15) is 13.2 Å². The maximum absolute atomic E-state index is 10.6. The Morgan fingerprint density at radius 3 is 2.61 bits per heavy atom. The number of alkyl halides is 3. The van der Waals surface area contributed by atoms with Gasteiger partial charge < -0.3 is 30.0 Å². The normalized spacial score (nSPS) is 17.3. The molecule has 1 unspecified atom stereocenters. The Morgan fingerprint density at radius 1 is 1.32 bits per heavy atom. The number of hydrogen-bond acceptors (Lipinski definition) is 10. The van der Waals surface area contributed by atoms with Crippen LogP contribution in [-0.4, -0.2) is 70.8 Å². The molecule has 1 aliphatic rings. The van der Waals surface area contributed by atoms with E-state index in [-0.39, 0.29) is 11.7 Å². The monoisotopic (exact) mass is 621 g/mol. The second-order valence-electron chi connectivity index (χ2n) is 8.50. The number of nitrogens with zero attached hydrogens (tertiary/aromatic N) is 3. The van der Waals surface area contributed by atoms with Crippen molar-refractivity contribution in [2.24, 2.45) is 0 Å². The van der Waals surface area contributed by atoms with Gasteiger partial charge in [-0.15, -0.1) is 11.3 Å². The third-order valence-corrected chi connectivity index (χ3v) is 6.68. The number of carboxylic acid groups (broad SMARTS) is 1. The molecule has 0 aliphatic carbocycles. The number of aliphatic carboxylic acids is 1. The van der Waals surface area contributed by atoms with Crippen molar-refractivity contribution >= 4 is 55.9 Å². The molecular weight excluding hydrogens is 595 g/mol. The van der Waals surface area contributed by atoms with Crippen LogP contribution in [0.1, 0.15) is 25.3 Å². The second-order valence-corrected chi connectivity index (χ2v) is 11.0. The topological polar surface area (TPSA) is 128 Å². The fraction of sp³-hybridized carbons (Fsp3) is 0.478. The van der Waals surface area contributed by atoms with Crippen LogP contribution >= 0.6 is 27.3 Å². The molecule has 0 saturated carbocycles. The van der Waals surface area contributed by atoms with Crippen LogP contribution in [0.25, 0.3) is 10.9 Å². The molecule has 1 aliphatic heterocycles. The van der Waals surface area contributed by atoms with Crippen molar-refractivity contribution in [3.05, 3.63) is 33.2 Å². The Kier molecular flexibility index (Phi) is 10.1. The van der Waals surface area contributed by atoms with Gasteiger partial charge in [0.1, 0.15) is 22.2 Å². The lowest BCUT2D eigenvalue weighted by Gasteiger charge is -2.30. The van der Waals surface area contributed by atoms with Gasteiger partial charge in [-0.3, -0.25) is 0 Å². The van der Waals surface area contributed by atoms with Gasteiger partial charge in [-0.1, -0.05) is 0 Å². The van der Waals surface area contributed by atoms with E-state index < -0.39 is 12.1 Å². The lowest BCUT2D eigenvalue weighted by molar-refractivity contribution is -0.192. The fourth-order valence-electron chi connectivity index (χ4n) is 3.58. The number of rotatable bonds is 9. The average Bonchev–Trinajstić information content (AvgIpc) is 3.49. The highest BCUT2D eigenvalue weighted by Gasteiger charge is 2.38. The van der Waals surface area contributed by atoms with E-state index >= 15 is 0 Å². The maximum atomic E-state index is 10.6. The molecule has 10 nitrogen and oxygen atoms in total. The van der Waals surface area contributed by atoms with Crippen LogP contribution in [0.3, 0.4) is 0 Å². The molecule has 208 valence electrons. The van der Waals surface area contributed by atoms with Crippen LogP contribution in [0.2, 0.25) is 0 Å². The number of aromatic nitrogens is 3. The van der Waals surface area contributed by atoms with Crippen LogP contribution < -0.4 is 15.4 Å². The Bertz CT molecular complexity index is 1240. The first-order valence-electron chi connectivity index (χ1n) is 11.4. The molecule has 3 N–H and O–H groups in total. The number of methoxy groups -OCH3 is 1. The van der Waals surface area contributed by atoms with E-state index in [0.717, 1.165) is 37.7 Å². The first kappa shape index (κ1) is 29.8. The number of carbonyl (C=O) groups is 1. The second kappa shape index (κ2) is 12.9. The van der Waals surface area contributed by atoms with Crippen LogP contribution in [0.4, 0.5) is 24.9 Å². The Labute approximate surface area is 229 Å². The van der Waals surface area contributed by atoms with Gasteiger partial charge in [0.15, 0.2) is 0 Å². The van der Waals surface area contributed by atoms with Crippen LogP contribution in [-0.2, 0) is 20.8 Å². The predicted octanol–water partition coefficient (Wildman–Crippen LogP) is 5.10. The average molecular weight is 622 g/mol. The smallest absolute Gasteiger partial charge is 0.490 e. The number of ether oxygens (including phenoxy) is 3. The molecule has 0 amide bonds. The predicted molar refractivity (Wildman–Crippen MR) is 140 cm³/mol. The summed E-state index contributed by atoms with van der Waals surface area (Å²) in [5.41, 5.74) is 0.454. The van der Waals surface area contributed by atoms with Gasteiger partial charge >= 0.3 is 12.1 Å². The van der Waals surface area contributed by atoms with Crippen molar-refractivity contribution in [3.8, 4) is 5.75 Å². The SMILES string of the molecule is COc1ccc2nc(NCC3(OC(C)C)CCOC3)nc(NCc3ncc(Br)s3)c2c1.O=C(O)C(F)(F)F. The summed E-state index contributed by atoms with van der Waals surface area (Å²) in [6.07, 6.45) is -2.33. The summed E-state index contributed by atoms with van der Waals surface area (Å²) < 4.78 is 49.9. The van der Waals surface area contributed by atoms with Crippen molar-refractivity contribution in [2.45, 2.75) is 44.7 Å². The molecule has 38 heavy (non-hydrogen) atoms. The minimum absolute atomic E-state index is 0.114. The minimum atomic E-state index is -5.08. The number of thiazole rings is 1. The van der Waals surface area contributed by atoms with Crippen LogP contribution in [0.15, 0.2) is 28.2 Å². The summed E-state index contributed by atoms with van der Waals surface area (Å²) >= 11 is 5.04. The Morgan fingerprint density at radius 2 is 2.05 bits per heavy atom. The van der Waals surface area contributed by atoms with Crippen molar-refractivity contribution in [1.29, 1.82) is 0 Å². The van der Waals surface area contributed by atoms with Crippen molar-refractivity contribution in [2.75, 3.05) is 37.5 Å². The highest BCUT2D eigenvalue weighted by molar-refractivity contribution is 9.11. The van der Waals surface area contributed by atoms with E-state index in [4.69, 9.17) is 34.1 Å². The maximum Gasteiger partial charge on any atom is 0.490 e. The molecule has 2 aromatic heterocycles. The number of halogens is 4. The first-order valence-corrected chi connectivity index (χ1v) is 13.0. The van der Waals surface area contributed by atoms with Gasteiger partial charge in [0.25, 0.3) is 0 Å². The molecule has 3 aromatic rings. The summed E-state index contributed by atoms with van der Waals surface area (Å²) in [5, 5.41) is 15.8. The number of nitrogens with one attached hydrogen (secondary N) is 2. The third-order valence-electron chi connectivity index (χ3n) is 5.20. The van der Waals surface area contributed by atoms with E-state index in [0.29, 0.717) is 32.3 Å². The minimum Gasteiger partial charge on any atom is -0.497 e. The van der Waals surface area contributed by atoms with E-state index in [1.165, 1.54) is 0 Å². The zero-order valence-electron chi connectivity index (χ0n) is 20.8. The van der Waals surface area contributed by atoms with Crippen LogP contribution in [0, 0.1) is 0 Å². The molecule has 1 fully saturated rings. The summed E-state index contributed by atoms with van der Waals surface area (Å²) in [6.45, 7) is 6.48. The van der Waals surface area contributed by atoms with Gasteiger partial charge in [0.05, 0.1) is 41.9 Å². The van der Waals surface area contributed by atoms with Crippen molar-refractivity contribution in [1.82, 2.24) is 15.0 Å². The highest BCUT2D eigenvalue weighted by Crippen LogP contribution is 2.29. The molecule has 15 heteroatoms. The number of benzene rings is 1. The van der Waals surface area contributed by atoms with E-state index in [2.05, 4.69) is 31.5 Å². The van der Waals surface area contributed by atoms with Gasteiger partial charge in [-0.2, -0.15) is 18.2 Å². The first-order chi connectivity index (χ1) is 17.9. The largest absolute Gasteiger partial charge is 0.497 e. The molecule has 1 saturated heterocycles. The molecule has 0 radical (unpaired) electrons. The lowest BCUT2D eigenvalue weighted by Crippen LogP contribution is -2.42. The molecule has 1 atom stereocenters. The molecule has 1 aromatic carbocycles. The Balaban J connectivity index is 0.000000505. The van der Waals surface area contributed by atoms with Crippen LogP contribution in [0.5, 0.6) is 5.75 Å². The molecule has 4 rings (SSSR count). The summed E-state index contributed by atoms with van der Waals surface area (Å²) in [4.78, 5) is 22.7. The van der Waals surface area contributed by atoms with Gasteiger partial charge in [0, 0.05) is 25.0 Å². The summed E-state index contributed by atoms with van der Waals surface area (Å²) in [7, 11) is 1.65. The standard InChI is InChI=1S/C21H26BrN5O3S.C2HF3O2/c1-13(2)30-21(6-7-29-12-21)11-25-20-26-16-5-4-14(28-3)8-15(16)19(27-20)24-10-18-23-9-17(22)31-18;3-2(4,5)1(6)7/h4-5,8-9,13H,6-7,10-12H2,1-3H3,(H2,24,25,26,27);(H,6,7). The number of anilines is 2. The quantitative estimate of drug-likeness (QED) is 0.297. The molecule has 0 bridgehead atoms. The highest BCUT2D eigenvalue weighted by atomic mass is 79.9. The van der Waals surface area contributed by atoms with Gasteiger partial charge in [0.2, 0.25) is 5.95 Å². The van der Waals surface area contributed by atoms with Crippen molar-refractivity contribution in [3.63, 3.8) is 0 Å². The zero-order valence-corrected chi connectivity index (χ0v) is 23.2. The van der Waals surface area contributed by atoms with Crippen molar-refractivity contribution < 1.29 is 37.3 Å². The van der Waals surface area contributed by atoms with E-state index in [1.54, 1.807) is 24.6 Å². The summed E-state index contributed by atoms with van der Waals surface area (Å²) in [6, 6.07) is 5.77. The third kappa shape index (κ3) is 8.38. The van der Waals surface area contributed by atoms with Gasteiger partial charge in [-0.25, -0.2) is 14.8 Å². The van der Waals surface area contributed by atoms with E-state index in [1.807, 2.05) is 32.0 Å². The Hall–Kier alpha value is -2.75. The van der Waals surface area contributed by atoms with Gasteiger partial charge in [-0.05, 0) is 48.0 Å². The zero-order chi connectivity index (χ0) is 27.9. The number of fused-ring (bicyclic) bond motifs is 1. The number of carboxylic acids is 1.